The fourth-order valence-corrected chi connectivity index (χ4v) is 3.92. The Morgan fingerprint density at radius 3 is 2.32 bits per heavy atom. The molecule has 1 aliphatic heterocycles. The largest absolute Gasteiger partial charge is 0.375 e. The molecule has 2 aliphatic carbocycles. The van der Waals surface area contributed by atoms with Crippen LogP contribution >= 0.6 is 0 Å². The SMILES string of the molecule is N#CC(C#N)=C1C=C2C=C(N3CCCCCC3)CC[C@H]2CC1. The average molecular weight is 293 g/mol. The van der Waals surface area contributed by atoms with E-state index in [1.165, 1.54) is 62.9 Å². The van der Waals surface area contributed by atoms with Crippen LogP contribution in [0.25, 0.3) is 0 Å². The molecular weight excluding hydrogens is 270 g/mol. The quantitative estimate of drug-likeness (QED) is 0.680. The summed E-state index contributed by atoms with van der Waals surface area (Å²) in [5.41, 5.74) is 4.04. The number of rotatable bonds is 1. The van der Waals surface area contributed by atoms with Crippen LogP contribution in [0, 0.1) is 28.6 Å². The van der Waals surface area contributed by atoms with Crippen molar-refractivity contribution in [2.75, 3.05) is 13.1 Å². The zero-order chi connectivity index (χ0) is 15.4. The summed E-state index contributed by atoms with van der Waals surface area (Å²) in [4.78, 5) is 2.57. The van der Waals surface area contributed by atoms with Gasteiger partial charge in [-0.3, -0.25) is 0 Å². The zero-order valence-corrected chi connectivity index (χ0v) is 13.1. The maximum atomic E-state index is 9.08. The Kier molecular flexibility index (Phi) is 4.64. The van der Waals surface area contributed by atoms with Crippen molar-refractivity contribution >= 4 is 0 Å². The van der Waals surface area contributed by atoms with Crippen LogP contribution in [0.5, 0.6) is 0 Å². The van der Waals surface area contributed by atoms with Gasteiger partial charge in [-0.15, -0.1) is 0 Å². The fraction of sp³-hybridized carbons (Fsp3) is 0.579. The first-order valence-corrected chi connectivity index (χ1v) is 8.52. The van der Waals surface area contributed by atoms with Crippen molar-refractivity contribution in [2.24, 2.45) is 5.92 Å². The third-order valence-corrected chi connectivity index (χ3v) is 5.21. The molecule has 0 N–H and O–H groups in total. The molecule has 1 atom stereocenters. The average Bonchev–Trinajstić information content (AvgIpc) is 2.84. The molecule has 1 saturated heterocycles. The van der Waals surface area contributed by atoms with Crippen molar-refractivity contribution in [1.29, 1.82) is 10.5 Å². The van der Waals surface area contributed by atoms with E-state index in [2.05, 4.69) is 17.1 Å². The molecule has 0 radical (unpaired) electrons. The summed E-state index contributed by atoms with van der Waals surface area (Å²) in [5, 5.41) is 18.2. The van der Waals surface area contributed by atoms with Crippen LogP contribution in [0.4, 0.5) is 0 Å². The van der Waals surface area contributed by atoms with Crippen LogP contribution in [0.1, 0.15) is 51.4 Å². The topological polar surface area (TPSA) is 50.8 Å². The second-order valence-corrected chi connectivity index (χ2v) is 6.58. The van der Waals surface area contributed by atoms with E-state index in [4.69, 9.17) is 10.5 Å². The Hall–Kier alpha value is -2.00. The van der Waals surface area contributed by atoms with Gasteiger partial charge < -0.3 is 4.90 Å². The first kappa shape index (κ1) is 14.9. The lowest BCUT2D eigenvalue weighted by atomic mass is 9.77. The van der Waals surface area contributed by atoms with E-state index in [0.29, 0.717) is 11.5 Å². The number of allylic oxidation sites excluding steroid dienone is 6. The van der Waals surface area contributed by atoms with E-state index < -0.39 is 0 Å². The lowest BCUT2D eigenvalue weighted by Crippen LogP contribution is -2.27. The summed E-state index contributed by atoms with van der Waals surface area (Å²) < 4.78 is 0. The zero-order valence-electron chi connectivity index (χ0n) is 13.1. The van der Waals surface area contributed by atoms with Crippen molar-refractivity contribution < 1.29 is 0 Å². The lowest BCUT2D eigenvalue weighted by molar-refractivity contribution is 0.326. The van der Waals surface area contributed by atoms with Crippen LogP contribution in [0.3, 0.4) is 0 Å². The van der Waals surface area contributed by atoms with Gasteiger partial charge in [0.2, 0.25) is 0 Å². The predicted molar refractivity (Wildman–Crippen MR) is 86.4 cm³/mol. The van der Waals surface area contributed by atoms with Crippen molar-refractivity contribution in [3.05, 3.63) is 34.6 Å². The number of nitriles is 2. The summed E-state index contributed by atoms with van der Waals surface area (Å²) >= 11 is 0. The molecule has 3 nitrogen and oxygen atoms in total. The van der Waals surface area contributed by atoms with E-state index in [1.807, 2.05) is 12.1 Å². The van der Waals surface area contributed by atoms with Gasteiger partial charge in [0.25, 0.3) is 0 Å². The molecule has 0 bridgehead atoms. The molecule has 0 aromatic rings. The van der Waals surface area contributed by atoms with Gasteiger partial charge in [-0.05, 0) is 61.7 Å². The molecule has 1 heterocycles. The Morgan fingerprint density at radius 2 is 1.64 bits per heavy atom. The third kappa shape index (κ3) is 3.09. The van der Waals surface area contributed by atoms with Crippen molar-refractivity contribution in [1.82, 2.24) is 4.90 Å². The van der Waals surface area contributed by atoms with Gasteiger partial charge in [0.1, 0.15) is 17.7 Å². The molecule has 0 amide bonds. The first-order chi connectivity index (χ1) is 10.8. The van der Waals surface area contributed by atoms with Gasteiger partial charge in [0, 0.05) is 18.8 Å². The maximum absolute atomic E-state index is 9.08. The lowest BCUT2D eigenvalue weighted by Gasteiger charge is -2.34. The Bertz CT molecular complexity index is 586. The highest BCUT2D eigenvalue weighted by molar-refractivity contribution is 5.49. The van der Waals surface area contributed by atoms with Crippen LogP contribution in [0.15, 0.2) is 34.6 Å². The number of nitrogens with zero attached hydrogens (tertiary/aromatic N) is 3. The molecule has 0 spiro atoms. The molecule has 114 valence electrons. The van der Waals surface area contributed by atoms with Crippen molar-refractivity contribution in [3.8, 4) is 12.1 Å². The Morgan fingerprint density at radius 1 is 0.955 bits per heavy atom. The van der Waals surface area contributed by atoms with Crippen molar-refractivity contribution in [3.63, 3.8) is 0 Å². The number of fused-ring (bicyclic) bond motifs is 1. The van der Waals surface area contributed by atoms with Crippen LogP contribution < -0.4 is 0 Å². The van der Waals surface area contributed by atoms with Crippen LogP contribution in [-0.2, 0) is 0 Å². The van der Waals surface area contributed by atoms with Gasteiger partial charge in [-0.2, -0.15) is 10.5 Å². The van der Waals surface area contributed by atoms with E-state index in [-0.39, 0.29) is 0 Å². The molecule has 0 saturated carbocycles. The van der Waals surface area contributed by atoms with E-state index in [0.717, 1.165) is 18.4 Å². The van der Waals surface area contributed by atoms with Crippen LogP contribution in [-0.4, -0.2) is 18.0 Å². The van der Waals surface area contributed by atoms with Gasteiger partial charge in [-0.25, -0.2) is 0 Å². The minimum absolute atomic E-state index is 0.293. The molecule has 0 aromatic heterocycles. The molecule has 3 aliphatic rings. The Labute approximate surface area is 133 Å². The van der Waals surface area contributed by atoms with Crippen LogP contribution in [0.2, 0.25) is 0 Å². The predicted octanol–water partition coefficient (Wildman–Crippen LogP) is 4.22. The third-order valence-electron chi connectivity index (χ3n) is 5.21. The van der Waals surface area contributed by atoms with Gasteiger partial charge >= 0.3 is 0 Å². The second kappa shape index (κ2) is 6.84. The highest BCUT2D eigenvalue weighted by atomic mass is 15.1. The fourth-order valence-electron chi connectivity index (χ4n) is 3.92. The molecule has 1 fully saturated rings. The highest BCUT2D eigenvalue weighted by Gasteiger charge is 2.26. The van der Waals surface area contributed by atoms with E-state index in [9.17, 15) is 0 Å². The number of hydrogen-bond acceptors (Lipinski definition) is 3. The van der Waals surface area contributed by atoms with E-state index >= 15 is 0 Å². The standard InChI is InChI=1S/C19H23N3/c20-13-18(14-21)16-6-5-15-7-8-19(12-17(15)11-16)22-9-3-1-2-4-10-22/h11-12,15H,1-10H2/t15-/m1/s1. The molecule has 0 aromatic carbocycles. The summed E-state index contributed by atoms with van der Waals surface area (Å²) in [6.07, 6.45) is 14.1. The summed E-state index contributed by atoms with van der Waals surface area (Å²) in [6.45, 7) is 2.38. The van der Waals surface area contributed by atoms with Crippen molar-refractivity contribution in [2.45, 2.75) is 51.4 Å². The number of likely N-dealkylation sites (tertiary alicyclic amines) is 1. The molecule has 22 heavy (non-hydrogen) atoms. The second-order valence-electron chi connectivity index (χ2n) is 6.58. The molecule has 3 heteroatoms. The Balaban J connectivity index is 1.87. The summed E-state index contributed by atoms with van der Waals surface area (Å²) in [7, 11) is 0. The minimum atomic E-state index is 0.293. The molecular formula is C19H23N3. The maximum Gasteiger partial charge on any atom is 0.132 e. The summed E-state index contributed by atoms with van der Waals surface area (Å²) in [5.74, 6) is 0.623. The summed E-state index contributed by atoms with van der Waals surface area (Å²) in [6, 6.07) is 4.09. The monoisotopic (exact) mass is 293 g/mol. The smallest absolute Gasteiger partial charge is 0.132 e. The molecule has 0 unspecified atom stereocenters. The normalized spacial score (nSPS) is 25.1. The molecule has 3 rings (SSSR count). The van der Waals surface area contributed by atoms with Gasteiger partial charge in [0.15, 0.2) is 0 Å². The number of hydrogen-bond donors (Lipinski definition) is 0. The highest BCUT2D eigenvalue weighted by Crippen LogP contribution is 2.39. The van der Waals surface area contributed by atoms with Gasteiger partial charge in [0.05, 0.1) is 0 Å². The van der Waals surface area contributed by atoms with Gasteiger partial charge in [-0.1, -0.05) is 18.9 Å². The first-order valence-electron chi connectivity index (χ1n) is 8.52. The minimum Gasteiger partial charge on any atom is -0.375 e. The van der Waals surface area contributed by atoms with E-state index in [1.54, 1.807) is 0 Å².